The van der Waals surface area contributed by atoms with Gasteiger partial charge in [0.15, 0.2) is 16.5 Å². The molecule has 0 radical (unpaired) electrons. The van der Waals surface area contributed by atoms with Gasteiger partial charge in [0, 0.05) is 23.7 Å². The summed E-state index contributed by atoms with van der Waals surface area (Å²) in [6.07, 6.45) is 5.52. The molecule has 0 bridgehead atoms. The van der Waals surface area contributed by atoms with E-state index in [4.69, 9.17) is 14.2 Å². The molecule has 0 atom stereocenters. The summed E-state index contributed by atoms with van der Waals surface area (Å²) in [5.74, 6) is 0.780. The standard InChI is InChI=1S/C21H22N2O5S/c1-3-10-27-17-7-5-15(12-18(17)26-4-2)6-8-20(25)28-14-16-13-19(24)23-9-11-29-21(23)22-16/h5-9,11-13H,3-4,10,14H2,1-2H3/b8-6+. The zero-order valence-corrected chi connectivity index (χ0v) is 17.1. The maximum Gasteiger partial charge on any atom is 0.331 e. The van der Waals surface area contributed by atoms with Gasteiger partial charge in [-0.3, -0.25) is 9.20 Å². The van der Waals surface area contributed by atoms with Crippen LogP contribution in [0, 0.1) is 0 Å². The third-order valence-corrected chi connectivity index (χ3v) is 4.62. The number of carbonyl (C=O) groups is 1. The Balaban J connectivity index is 1.63. The molecule has 0 aliphatic heterocycles. The predicted octanol–water partition coefficient (Wildman–Crippen LogP) is 3.70. The molecule has 3 aromatic rings. The number of thiazole rings is 1. The van der Waals surface area contributed by atoms with E-state index in [0.717, 1.165) is 12.0 Å². The quantitative estimate of drug-likeness (QED) is 0.392. The molecular formula is C21H22N2O5S. The molecule has 1 aromatic carbocycles. The highest BCUT2D eigenvalue weighted by atomic mass is 32.1. The minimum atomic E-state index is -0.526. The molecule has 0 spiro atoms. The Bertz CT molecular complexity index is 1070. The molecule has 0 aliphatic carbocycles. The van der Waals surface area contributed by atoms with Gasteiger partial charge in [-0.25, -0.2) is 9.78 Å². The van der Waals surface area contributed by atoms with Crippen LogP contribution in [0.3, 0.4) is 0 Å². The van der Waals surface area contributed by atoms with Crippen molar-refractivity contribution in [3.63, 3.8) is 0 Å². The highest BCUT2D eigenvalue weighted by molar-refractivity contribution is 7.15. The second-order valence-corrected chi connectivity index (χ2v) is 6.94. The van der Waals surface area contributed by atoms with Crippen LogP contribution in [0.1, 0.15) is 31.5 Å². The Hall–Kier alpha value is -3.13. The largest absolute Gasteiger partial charge is 0.490 e. The van der Waals surface area contributed by atoms with Gasteiger partial charge in [-0.1, -0.05) is 13.0 Å². The summed E-state index contributed by atoms with van der Waals surface area (Å²) in [5, 5.41) is 1.78. The number of rotatable bonds is 9. The summed E-state index contributed by atoms with van der Waals surface area (Å²) in [6, 6.07) is 6.83. The number of nitrogens with zero attached hydrogens (tertiary/aromatic N) is 2. The van der Waals surface area contributed by atoms with Crippen LogP contribution in [-0.2, 0) is 16.1 Å². The van der Waals surface area contributed by atoms with Crippen LogP contribution >= 0.6 is 11.3 Å². The van der Waals surface area contributed by atoms with Crippen molar-refractivity contribution in [2.45, 2.75) is 26.9 Å². The first-order valence-electron chi connectivity index (χ1n) is 9.31. The SMILES string of the molecule is CCCOc1ccc(/C=C/C(=O)OCc2cc(=O)n3ccsc3n2)cc1OCC. The fourth-order valence-corrected chi connectivity index (χ4v) is 3.29. The van der Waals surface area contributed by atoms with Crippen molar-refractivity contribution in [1.29, 1.82) is 0 Å². The normalized spacial score (nSPS) is 11.1. The summed E-state index contributed by atoms with van der Waals surface area (Å²) in [7, 11) is 0. The summed E-state index contributed by atoms with van der Waals surface area (Å²) >= 11 is 1.34. The number of fused-ring (bicyclic) bond motifs is 1. The second-order valence-electron chi connectivity index (χ2n) is 6.07. The lowest BCUT2D eigenvalue weighted by molar-refractivity contribution is -0.139. The van der Waals surface area contributed by atoms with Crippen molar-refractivity contribution in [2.75, 3.05) is 13.2 Å². The van der Waals surface area contributed by atoms with Crippen molar-refractivity contribution in [3.05, 3.63) is 63.5 Å². The molecule has 7 nitrogen and oxygen atoms in total. The molecule has 0 fully saturated rings. The molecule has 29 heavy (non-hydrogen) atoms. The number of hydrogen-bond donors (Lipinski definition) is 0. The molecule has 152 valence electrons. The molecule has 2 aromatic heterocycles. The minimum Gasteiger partial charge on any atom is -0.490 e. The smallest absolute Gasteiger partial charge is 0.331 e. The molecule has 0 amide bonds. The molecule has 3 rings (SSSR count). The number of hydrogen-bond acceptors (Lipinski definition) is 7. The van der Waals surface area contributed by atoms with E-state index in [1.807, 2.05) is 32.0 Å². The zero-order valence-electron chi connectivity index (χ0n) is 16.3. The molecular weight excluding hydrogens is 392 g/mol. The summed E-state index contributed by atoms with van der Waals surface area (Å²) in [6.45, 7) is 4.99. The van der Waals surface area contributed by atoms with E-state index < -0.39 is 5.97 Å². The maximum atomic E-state index is 12.0. The van der Waals surface area contributed by atoms with Gasteiger partial charge < -0.3 is 14.2 Å². The Kier molecular flexibility index (Phi) is 7.02. The minimum absolute atomic E-state index is 0.0686. The van der Waals surface area contributed by atoms with E-state index in [9.17, 15) is 9.59 Å². The average molecular weight is 414 g/mol. The van der Waals surface area contributed by atoms with E-state index in [-0.39, 0.29) is 12.2 Å². The van der Waals surface area contributed by atoms with Crippen LogP contribution in [0.2, 0.25) is 0 Å². The molecule has 0 saturated heterocycles. The monoisotopic (exact) mass is 414 g/mol. The van der Waals surface area contributed by atoms with E-state index >= 15 is 0 Å². The van der Waals surface area contributed by atoms with Crippen molar-refractivity contribution in [3.8, 4) is 11.5 Å². The van der Waals surface area contributed by atoms with Crippen LogP contribution in [0.15, 0.2) is 46.7 Å². The van der Waals surface area contributed by atoms with Crippen molar-refractivity contribution in [2.24, 2.45) is 0 Å². The lowest BCUT2D eigenvalue weighted by atomic mass is 10.2. The molecule has 0 unspecified atom stereocenters. The summed E-state index contributed by atoms with van der Waals surface area (Å²) in [4.78, 5) is 28.8. The maximum absolute atomic E-state index is 12.0. The molecule has 0 N–H and O–H groups in total. The van der Waals surface area contributed by atoms with E-state index in [0.29, 0.717) is 35.4 Å². The Morgan fingerprint density at radius 1 is 1.21 bits per heavy atom. The van der Waals surface area contributed by atoms with Crippen LogP contribution in [0.4, 0.5) is 0 Å². The summed E-state index contributed by atoms with van der Waals surface area (Å²) in [5.41, 5.74) is 0.993. The van der Waals surface area contributed by atoms with Gasteiger partial charge in [0.1, 0.15) is 6.61 Å². The first kappa shape index (κ1) is 20.6. The van der Waals surface area contributed by atoms with Crippen molar-refractivity contribution >= 4 is 28.3 Å². The van der Waals surface area contributed by atoms with E-state index in [1.165, 1.54) is 27.9 Å². The van der Waals surface area contributed by atoms with Crippen molar-refractivity contribution in [1.82, 2.24) is 9.38 Å². The Morgan fingerprint density at radius 3 is 2.86 bits per heavy atom. The van der Waals surface area contributed by atoms with E-state index in [2.05, 4.69) is 4.98 Å². The predicted molar refractivity (Wildman–Crippen MR) is 112 cm³/mol. The lowest BCUT2D eigenvalue weighted by Gasteiger charge is -2.12. The number of benzene rings is 1. The summed E-state index contributed by atoms with van der Waals surface area (Å²) < 4.78 is 17.9. The number of aromatic nitrogens is 2. The van der Waals surface area contributed by atoms with Gasteiger partial charge in [0.2, 0.25) is 0 Å². The first-order chi connectivity index (χ1) is 14.1. The number of carbonyl (C=O) groups excluding carboxylic acids is 1. The topological polar surface area (TPSA) is 79.1 Å². The fraction of sp³-hybridized carbons (Fsp3) is 0.286. The third-order valence-electron chi connectivity index (χ3n) is 3.86. The van der Waals surface area contributed by atoms with Gasteiger partial charge in [0.05, 0.1) is 18.9 Å². The molecule has 8 heteroatoms. The van der Waals surface area contributed by atoms with Gasteiger partial charge in [-0.15, -0.1) is 11.3 Å². The highest BCUT2D eigenvalue weighted by Gasteiger charge is 2.07. The number of ether oxygens (including phenoxy) is 3. The average Bonchev–Trinajstić information content (AvgIpc) is 3.19. The third kappa shape index (κ3) is 5.45. The lowest BCUT2D eigenvalue weighted by Crippen LogP contribution is -2.14. The van der Waals surface area contributed by atoms with Crippen LogP contribution in [-0.4, -0.2) is 28.6 Å². The Morgan fingerprint density at radius 2 is 2.07 bits per heavy atom. The van der Waals surface area contributed by atoms with Crippen molar-refractivity contribution < 1.29 is 19.0 Å². The van der Waals surface area contributed by atoms with Gasteiger partial charge in [-0.2, -0.15) is 0 Å². The van der Waals surface area contributed by atoms with Gasteiger partial charge >= 0.3 is 5.97 Å². The zero-order chi connectivity index (χ0) is 20.6. The number of esters is 1. The molecule has 0 aliphatic rings. The van der Waals surface area contributed by atoms with Crippen LogP contribution in [0.5, 0.6) is 11.5 Å². The van der Waals surface area contributed by atoms with Crippen LogP contribution in [0.25, 0.3) is 11.0 Å². The Labute approximate surface area is 172 Å². The van der Waals surface area contributed by atoms with Gasteiger partial charge in [-0.05, 0) is 37.1 Å². The first-order valence-corrected chi connectivity index (χ1v) is 10.2. The van der Waals surface area contributed by atoms with Gasteiger partial charge in [0.25, 0.3) is 5.56 Å². The second kappa shape index (κ2) is 9.88. The molecule has 0 saturated carbocycles. The highest BCUT2D eigenvalue weighted by Crippen LogP contribution is 2.29. The van der Waals surface area contributed by atoms with Crippen LogP contribution < -0.4 is 15.0 Å². The fourth-order valence-electron chi connectivity index (χ4n) is 2.55. The van der Waals surface area contributed by atoms with E-state index in [1.54, 1.807) is 17.7 Å². The molecule has 2 heterocycles.